The molecule has 2 fully saturated rings. The maximum Gasteiger partial charge on any atom is 0.0710 e. The summed E-state index contributed by atoms with van der Waals surface area (Å²) in [5.41, 5.74) is 1.21. The zero-order chi connectivity index (χ0) is 13.1. The number of rotatable bonds is 4. The molecule has 2 saturated heterocycles. The van der Waals surface area contributed by atoms with Crippen LogP contribution in [0.15, 0.2) is 24.5 Å². The van der Waals surface area contributed by atoms with Crippen LogP contribution in [0.2, 0.25) is 0 Å². The quantitative estimate of drug-likeness (QED) is 0.882. The summed E-state index contributed by atoms with van der Waals surface area (Å²) in [6.45, 7) is 3.84. The van der Waals surface area contributed by atoms with Crippen LogP contribution in [0.3, 0.4) is 0 Å². The van der Waals surface area contributed by atoms with Gasteiger partial charge in [0.2, 0.25) is 0 Å². The lowest BCUT2D eigenvalue weighted by Gasteiger charge is -2.28. The second-order valence-electron chi connectivity index (χ2n) is 5.71. The van der Waals surface area contributed by atoms with E-state index in [1.807, 2.05) is 12.3 Å². The van der Waals surface area contributed by atoms with Gasteiger partial charge in [-0.3, -0.25) is 9.88 Å². The minimum Gasteiger partial charge on any atom is -0.391 e. The minimum absolute atomic E-state index is 0.206. The molecule has 1 aromatic heterocycles. The van der Waals surface area contributed by atoms with Gasteiger partial charge < -0.3 is 9.84 Å². The number of aliphatic hydroxyl groups excluding tert-OH is 1. The van der Waals surface area contributed by atoms with Crippen LogP contribution in [0.4, 0.5) is 0 Å². The maximum atomic E-state index is 10.2. The summed E-state index contributed by atoms with van der Waals surface area (Å²) in [6, 6.07) is 4.30. The first kappa shape index (κ1) is 13.0. The van der Waals surface area contributed by atoms with Gasteiger partial charge in [-0.05, 0) is 36.8 Å². The van der Waals surface area contributed by atoms with Crippen molar-refractivity contribution in [3.8, 4) is 0 Å². The van der Waals surface area contributed by atoms with E-state index in [9.17, 15) is 5.11 Å². The molecule has 104 valence electrons. The van der Waals surface area contributed by atoms with Crippen molar-refractivity contribution in [1.29, 1.82) is 0 Å². The van der Waals surface area contributed by atoms with Crippen molar-refractivity contribution in [2.45, 2.75) is 31.4 Å². The van der Waals surface area contributed by atoms with Gasteiger partial charge in [-0.1, -0.05) is 6.07 Å². The van der Waals surface area contributed by atoms with Crippen LogP contribution in [0.25, 0.3) is 0 Å². The second-order valence-corrected chi connectivity index (χ2v) is 5.71. The number of nitrogens with zero attached hydrogens (tertiary/aromatic N) is 2. The Bertz CT molecular complexity index is 392. The molecule has 1 N–H and O–H groups in total. The number of ether oxygens (including phenoxy) is 1. The van der Waals surface area contributed by atoms with Crippen molar-refractivity contribution >= 4 is 0 Å². The van der Waals surface area contributed by atoms with Crippen LogP contribution in [-0.4, -0.2) is 53.4 Å². The Balaban J connectivity index is 1.63. The summed E-state index contributed by atoms with van der Waals surface area (Å²) in [7, 11) is 0. The van der Waals surface area contributed by atoms with Gasteiger partial charge in [-0.25, -0.2) is 0 Å². The molecule has 0 amide bonds. The normalized spacial score (nSPS) is 31.9. The van der Waals surface area contributed by atoms with Crippen molar-refractivity contribution < 1.29 is 9.84 Å². The Morgan fingerprint density at radius 3 is 3.11 bits per heavy atom. The number of hydrogen-bond acceptors (Lipinski definition) is 4. The minimum atomic E-state index is -0.206. The maximum absolute atomic E-state index is 10.2. The zero-order valence-corrected chi connectivity index (χ0v) is 11.2. The number of likely N-dealkylation sites (tertiary alicyclic amines) is 1. The van der Waals surface area contributed by atoms with Gasteiger partial charge in [0.1, 0.15) is 0 Å². The van der Waals surface area contributed by atoms with E-state index in [2.05, 4.69) is 16.0 Å². The summed E-state index contributed by atoms with van der Waals surface area (Å²) >= 11 is 0. The third-order valence-corrected chi connectivity index (χ3v) is 4.31. The zero-order valence-electron chi connectivity index (χ0n) is 11.2. The van der Waals surface area contributed by atoms with Crippen LogP contribution in [0.1, 0.15) is 18.4 Å². The monoisotopic (exact) mass is 262 g/mol. The molecule has 4 heteroatoms. The van der Waals surface area contributed by atoms with Crippen molar-refractivity contribution in [1.82, 2.24) is 9.88 Å². The van der Waals surface area contributed by atoms with Gasteiger partial charge in [0.05, 0.1) is 12.7 Å². The van der Waals surface area contributed by atoms with E-state index in [4.69, 9.17) is 4.74 Å². The van der Waals surface area contributed by atoms with Crippen molar-refractivity contribution in [3.05, 3.63) is 30.1 Å². The molecule has 0 radical (unpaired) electrons. The van der Waals surface area contributed by atoms with E-state index in [0.717, 1.165) is 45.6 Å². The SMILES string of the molecule is O[C@@H]1CCN(CC2CCOC2)[C@H]1Cc1cccnc1. The highest BCUT2D eigenvalue weighted by Gasteiger charge is 2.34. The molecule has 2 aliphatic rings. The molecule has 2 aliphatic heterocycles. The number of aromatic nitrogens is 1. The highest BCUT2D eigenvalue weighted by molar-refractivity contribution is 5.11. The molecule has 4 nitrogen and oxygen atoms in total. The first-order valence-electron chi connectivity index (χ1n) is 7.21. The Hall–Kier alpha value is -0.970. The fraction of sp³-hybridized carbons (Fsp3) is 0.667. The predicted molar refractivity (Wildman–Crippen MR) is 72.9 cm³/mol. The van der Waals surface area contributed by atoms with E-state index in [1.165, 1.54) is 5.56 Å². The number of aliphatic hydroxyl groups is 1. The second kappa shape index (κ2) is 5.99. The molecular formula is C15H22N2O2. The molecule has 1 unspecified atom stereocenters. The summed E-state index contributed by atoms with van der Waals surface area (Å²) in [5, 5.41) is 10.2. The molecule has 3 rings (SSSR count). The summed E-state index contributed by atoms with van der Waals surface area (Å²) in [6.07, 6.45) is 6.43. The smallest absolute Gasteiger partial charge is 0.0710 e. The third-order valence-electron chi connectivity index (χ3n) is 4.31. The van der Waals surface area contributed by atoms with Crippen LogP contribution in [0, 0.1) is 5.92 Å². The Morgan fingerprint density at radius 2 is 2.37 bits per heavy atom. The number of hydrogen-bond donors (Lipinski definition) is 1. The third kappa shape index (κ3) is 3.14. The molecule has 3 atom stereocenters. The van der Waals surface area contributed by atoms with E-state index in [0.29, 0.717) is 5.92 Å². The first-order chi connectivity index (χ1) is 9.33. The highest BCUT2D eigenvalue weighted by Crippen LogP contribution is 2.24. The van der Waals surface area contributed by atoms with Gasteiger partial charge in [-0.2, -0.15) is 0 Å². The largest absolute Gasteiger partial charge is 0.391 e. The average molecular weight is 262 g/mol. The van der Waals surface area contributed by atoms with E-state index < -0.39 is 0 Å². The van der Waals surface area contributed by atoms with Crippen molar-refractivity contribution in [3.63, 3.8) is 0 Å². The summed E-state index contributed by atoms with van der Waals surface area (Å²) in [5.74, 6) is 0.640. The van der Waals surface area contributed by atoms with Crippen LogP contribution in [0.5, 0.6) is 0 Å². The lowest BCUT2D eigenvalue weighted by molar-refractivity contribution is 0.103. The lowest BCUT2D eigenvalue weighted by atomic mass is 10.0. The van der Waals surface area contributed by atoms with Gasteiger partial charge in [-0.15, -0.1) is 0 Å². The molecule has 0 bridgehead atoms. The summed E-state index contributed by atoms with van der Waals surface area (Å²) in [4.78, 5) is 6.60. The topological polar surface area (TPSA) is 45.6 Å². The first-order valence-corrected chi connectivity index (χ1v) is 7.21. The summed E-state index contributed by atoms with van der Waals surface area (Å²) < 4.78 is 5.45. The molecular weight excluding hydrogens is 240 g/mol. The van der Waals surface area contributed by atoms with E-state index in [1.54, 1.807) is 6.20 Å². The molecule has 1 aromatic rings. The van der Waals surface area contributed by atoms with Gasteiger partial charge in [0.25, 0.3) is 0 Å². The fourth-order valence-electron chi connectivity index (χ4n) is 3.21. The predicted octanol–water partition coefficient (Wildman–Crippen LogP) is 1.10. The van der Waals surface area contributed by atoms with Gasteiger partial charge >= 0.3 is 0 Å². The van der Waals surface area contributed by atoms with Crippen LogP contribution < -0.4 is 0 Å². The van der Waals surface area contributed by atoms with Crippen molar-refractivity contribution in [2.75, 3.05) is 26.3 Å². The molecule has 3 heterocycles. The van der Waals surface area contributed by atoms with Crippen LogP contribution in [-0.2, 0) is 11.2 Å². The fourth-order valence-corrected chi connectivity index (χ4v) is 3.21. The standard InChI is InChI=1S/C15H22N2O2/c18-15-3-6-17(10-13-4-7-19-11-13)14(15)8-12-2-1-5-16-9-12/h1-2,5,9,13-15,18H,3-4,6-8,10-11H2/t13?,14-,15+/m0/s1. The Kier molecular flexibility index (Phi) is 4.11. The molecule has 19 heavy (non-hydrogen) atoms. The Morgan fingerprint density at radius 1 is 1.42 bits per heavy atom. The molecule has 0 aromatic carbocycles. The number of pyridine rings is 1. The lowest BCUT2D eigenvalue weighted by Crippen LogP contribution is -2.40. The van der Waals surface area contributed by atoms with Crippen LogP contribution >= 0.6 is 0 Å². The average Bonchev–Trinajstić information content (AvgIpc) is 3.05. The molecule has 0 spiro atoms. The molecule has 0 saturated carbocycles. The van der Waals surface area contributed by atoms with Gasteiger partial charge in [0, 0.05) is 38.1 Å². The van der Waals surface area contributed by atoms with E-state index in [-0.39, 0.29) is 12.1 Å². The molecule has 0 aliphatic carbocycles. The highest BCUT2D eigenvalue weighted by atomic mass is 16.5. The van der Waals surface area contributed by atoms with Gasteiger partial charge in [0.15, 0.2) is 0 Å². The van der Waals surface area contributed by atoms with Crippen molar-refractivity contribution in [2.24, 2.45) is 5.92 Å². The van der Waals surface area contributed by atoms with E-state index >= 15 is 0 Å². The Labute approximate surface area is 114 Å².